The van der Waals surface area contributed by atoms with Crippen LogP contribution in [-0.4, -0.2) is 33.4 Å². The predicted octanol–water partition coefficient (Wildman–Crippen LogP) is 2.13. The van der Waals surface area contributed by atoms with E-state index in [4.69, 9.17) is 5.11 Å². The largest absolute Gasteiger partial charge is 0.396 e. The van der Waals surface area contributed by atoms with E-state index in [1.165, 1.54) is 0 Å². The SMILES string of the molecule is CCC(CC)n1nccc1C(=O)NC(CCO)C1CC1. The third kappa shape index (κ3) is 3.39. The molecular weight excluding hydrogens is 254 g/mol. The maximum absolute atomic E-state index is 12.4. The van der Waals surface area contributed by atoms with Crippen molar-refractivity contribution in [3.05, 3.63) is 18.0 Å². The normalized spacial score (nSPS) is 16.4. The summed E-state index contributed by atoms with van der Waals surface area (Å²) in [7, 11) is 0. The molecule has 1 atom stereocenters. The summed E-state index contributed by atoms with van der Waals surface area (Å²) in [6.07, 6.45) is 6.54. The van der Waals surface area contributed by atoms with Gasteiger partial charge in [-0.15, -0.1) is 0 Å². The molecule has 5 nitrogen and oxygen atoms in total. The van der Waals surface area contributed by atoms with Gasteiger partial charge in [0, 0.05) is 18.8 Å². The molecule has 1 unspecified atom stereocenters. The average molecular weight is 279 g/mol. The van der Waals surface area contributed by atoms with Gasteiger partial charge in [0.15, 0.2) is 0 Å². The predicted molar refractivity (Wildman–Crippen MR) is 77.5 cm³/mol. The second kappa shape index (κ2) is 6.88. The lowest BCUT2D eigenvalue weighted by Crippen LogP contribution is -2.38. The van der Waals surface area contributed by atoms with Crippen LogP contribution in [0.1, 0.15) is 62.5 Å². The van der Waals surface area contributed by atoms with Crippen molar-refractivity contribution in [1.82, 2.24) is 15.1 Å². The molecule has 1 saturated carbocycles. The number of hydrogen-bond acceptors (Lipinski definition) is 3. The fourth-order valence-electron chi connectivity index (χ4n) is 2.73. The minimum absolute atomic E-state index is 0.0697. The molecule has 0 aromatic carbocycles. The van der Waals surface area contributed by atoms with Crippen LogP contribution in [0.25, 0.3) is 0 Å². The number of nitrogens with zero attached hydrogens (tertiary/aromatic N) is 2. The second-order valence-electron chi connectivity index (χ2n) is 5.56. The standard InChI is InChI=1S/C15H25N3O2/c1-3-12(4-2)18-14(7-9-16-18)15(20)17-13(8-10-19)11-5-6-11/h7,9,11-13,19H,3-6,8,10H2,1-2H3,(H,17,20). The van der Waals surface area contributed by atoms with Gasteiger partial charge in [0.25, 0.3) is 5.91 Å². The average Bonchev–Trinajstić information content (AvgIpc) is 3.18. The smallest absolute Gasteiger partial charge is 0.269 e. The van der Waals surface area contributed by atoms with Crippen molar-refractivity contribution in [3.63, 3.8) is 0 Å². The highest BCUT2D eigenvalue weighted by Gasteiger charge is 2.32. The highest BCUT2D eigenvalue weighted by atomic mass is 16.3. The summed E-state index contributed by atoms with van der Waals surface area (Å²) in [6.45, 7) is 4.33. The van der Waals surface area contributed by atoms with Crippen LogP contribution >= 0.6 is 0 Å². The molecule has 0 saturated heterocycles. The molecule has 5 heteroatoms. The molecular formula is C15H25N3O2. The molecule has 1 aromatic heterocycles. The van der Waals surface area contributed by atoms with Crippen molar-refractivity contribution < 1.29 is 9.90 Å². The van der Waals surface area contributed by atoms with Crippen LogP contribution in [0.15, 0.2) is 12.3 Å². The molecule has 0 bridgehead atoms. The van der Waals surface area contributed by atoms with Gasteiger partial charge in [-0.05, 0) is 44.1 Å². The van der Waals surface area contributed by atoms with Gasteiger partial charge in [-0.1, -0.05) is 13.8 Å². The molecule has 2 rings (SSSR count). The molecule has 112 valence electrons. The molecule has 0 radical (unpaired) electrons. The Labute approximate surface area is 120 Å². The van der Waals surface area contributed by atoms with Gasteiger partial charge in [-0.3, -0.25) is 9.48 Å². The van der Waals surface area contributed by atoms with Crippen LogP contribution < -0.4 is 5.32 Å². The molecule has 1 heterocycles. The third-order valence-electron chi connectivity index (χ3n) is 4.14. The van der Waals surface area contributed by atoms with Crippen molar-refractivity contribution in [2.75, 3.05) is 6.61 Å². The third-order valence-corrected chi connectivity index (χ3v) is 4.14. The van der Waals surface area contributed by atoms with Crippen LogP contribution in [0.2, 0.25) is 0 Å². The van der Waals surface area contributed by atoms with Crippen LogP contribution in [-0.2, 0) is 0 Å². The number of carbonyl (C=O) groups is 1. The van der Waals surface area contributed by atoms with Crippen molar-refractivity contribution in [2.24, 2.45) is 5.92 Å². The number of aliphatic hydroxyl groups excluding tert-OH is 1. The summed E-state index contributed by atoms with van der Waals surface area (Å²) in [6, 6.07) is 2.14. The van der Waals surface area contributed by atoms with Crippen LogP contribution in [0.5, 0.6) is 0 Å². The van der Waals surface area contributed by atoms with E-state index >= 15 is 0 Å². The number of aliphatic hydroxyl groups is 1. The molecule has 1 aromatic rings. The molecule has 2 N–H and O–H groups in total. The van der Waals surface area contributed by atoms with E-state index in [1.54, 1.807) is 12.3 Å². The van der Waals surface area contributed by atoms with Gasteiger partial charge >= 0.3 is 0 Å². The van der Waals surface area contributed by atoms with Gasteiger partial charge in [0.05, 0.1) is 6.04 Å². The number of rotatable bonds is 8. The summed E-state index contributed by atoms with van der Waals surface area (Å²) in [5, 5.41) is 16.5. The Kier molecular flexibility index (Phi) is 5.17. The molecule has 1 aliphatic carbocycles. The van der Waals surface area contributed by atoms with Crippen molar-refractivity contribution in [3.8, 4) is 0 Å². The van der Waals surface area contributed by atoms with Gasteiger partial charge in [0.1, 0.15) is 5.69 Å². The van der Waals surface area contributed by atoms with E-state index in [1.807, 2.05) is 4.68 Å². The highest BCUT2D eigenvalue weighted by molar-refractivity contribution is 5.92. The Morgan fingerprint density at radius 1 is 1.50 bits per heavy atom. The second-order valence-corrected chi connectivity index (χ2v) is 5.56. The quantitative estimate of drug-likeness (QED) is 0.766. The monoisotopic (exact) mass is 279 g/mol. The zero-order chi connectivity index (χ0) is 14.5. The van der Waals surface area contributed by atoms with Gasteiger partial charge in [0.2, 0.25) is 0 Å². The summed E-state index contributed by atoms with van der Waals surface area (Å²) >= 11 is 0. The van der Waals surface area contributed by atoms with E-state index < -0.39 is 0 Å². The number of carbonyl (C=O) groups excluding carboxylic acids is 1. The summed E-state index contributed by atoms with van der Waals surface area (Å²) < 4.78 is 1.83. The molecule has 1 fully saturated rings. The van der Waals surface area contributed by atoms with Crippen molar-refractivity contribution >= 4 is 5.91 Å². The number of nitrogens with one attached hydrogen (secondary N) is 1. The van der Waals surface area contributed by atoms with Crippen LogP contribution in [0.4, 0.5) is 0 Å². The Bertz CT molecular complexity index is 436. The summed E-state index contributed by atoms with van der Waals surface area (Å²) in [5.41, 5.74) is 0.627. The van der Waals surface area contributed by atoms with Crippen LogP contribution in [0.3, 0.4) is 0 Å². The minimum Gasteiger partial charge on any atom is -0.396 e. The first-order valence-corrected chi connectivity index (χ1v) is 7.66. The highest BCUT2D eigenvalue weighted by Crippen LogP contribution is 2.34. The first kappa shape index (κ1) is 15.0. The minimum atomic E-state index is -0.0697. The van der Waals surface area contributed by atoms with Gasteiger partial charge in [-0.2, -0.15) is 5.10 Å². The van der Waals surface area contributed by atoms with Gasteiger partial charge in [-0.25, -0.2) is 0 Å². The van der Waals surface area contributed by atoms with E-state index in [9.17, 15) is 4.79 Å². The Hall–Kier alpha value is -1.36. The molecule has 0 aliphatic heterocycles. The molecule has 1 amide bonds. The van der Waals surface area contributed by atoms with E-state index in [0.717, 1.165) is 25.7 Å². The van der Waals surface area contributed by atoms with Crippen LogP contribution in [0, 0.1) is 5.92 Å². The zero-order valence-electron chi connectivity index (χ0n) is 12.4. The van der Waals surface area contributed by atoms with E-state index in [2.05, 4.69) is 24.3 Å². The number of amides is 1. The fourth-order valence-corrected chi connectivity index (χ4v) is 2.73. The lowest BCUT2D eigenvalue weighted by atomic mass is 10.1. The topological polar surface area (TPSA) is 67.2 Å². The zero-order valence-corrected chi connectivity index (χ0v) is 12.4. The lowest BCUT2D eigenvalue weighted by molar-refractivity contribution is 0.0910. The Morgan fingerprint density at radius 2 is 2.20 bits per heavy atom. The van der Waals surface area contributed by atoms with Crippen molar-refractivity contribution in [2.45, 2.75) is 58.0 Å². The molecule has 0 spiro atoms. The summed E-state index contributed by atoms with van der Waals surface area (Å²) in [4.78, 5) is 12.4. The number of aromatic nitrogens is 2. The maximum atomic E-state index is 12.4. The Morgan fingerprint density at radius 3 is 2.75 bits per heavy atom. The lowest BCUT2D eigenvalue weighted by Gasteiger charge is -2.20. The number of hydrogen-bond donors (Lipinski definition) is 2. The van der Waals surface area contributed by atoms with E-state index in [0.29, 0.717) is 18.0 Å². The molecule has 1 aliphatic rings. The first-order valence-electron chi connectivity index (χ1n) is 7.66. The van der Waals surface area contributed by atoms with Crippen molar-refractivity contribution in [1.29, 1.82) is 0 Å². The van der Waals surface area contributed by atoms with Gasteiger partial charge < -0.3 is 10.4 Å². The first-order chi connectivity index (χ1) is 9.71. The fraction of sp³-hybridized carbons (Fsp3) is 0.733. The van der Waals surface area contributed by atoms with E-state index in [-0.39, 0.29) is 24.6 Å². The Balaban J connectivity index is 2.06. The molecule has 20 heavy (non-hydrogen) atoms. The summed E-state index contributed by atoms with van der Waals surface area (Å²) in [5.74, 6) is 0.468. The maximum Gasteiger partial charge on any atom is 0.269 e.